The van der Waals surface area contributed by atoms with E-state index in [0.717, 1.165) is 11.1 Å². The standard InChI is InChI=1S/C16H16FNO2/c17-14-3-1-2-12(10-14)8-9-18-16(20)11-13-4-6-15(19)7-5-13/h1-7,10,19H,8-9,11H2,(H,18,20). The van der Waals surface area contributed by atoms with E-state index in [0.29, 0.717) is 13.0 Å². The highest BCUT2D eigenvalue weighted by molar-refractivity contribution is 5.78. The molecule has 4 heteroatoms. The minimum absolute atomic E-state index is 0.0907. The van der Waals surface area contributed by atoms with Crippen molar-refractivity contribution >= 4 is 5.91 Å². The molecular weight excluding hydrogens is 257 g/mol. The van der Waals surface area contributed by atoms with Crippen LogP contribution in [0.4, 0.5) is 4.39 Å². The second-order valence-corrected chi connectivity index (χ2v) is 4.57. The molecule has 0 bridgehead atoms. The van der Waals surface area contributed by atoms with Crippen molar-refractivity contribution in [2.75, 3.05) is 6.54 Å². The number of phenols is 1. The van der Waals surface area contributed by atoms with Crippen LogP contribution in [0.3, 0.4) is 0 Å². The number of benzene rings is 2. The monoisotopic (exact) mass is 273 g/mol. The molecule has 0 saturated heterocycles. The smallest absolute Gasteiger partial charge is 0.224 e. The maximum atomic E-state index is 13.0. The predicted octanol–water partition coefficient (Wildman–Crippen LogP) is 2.43. The number of amides is 1. The Kier molecular flexibility index (Phi) is 4.71. The van der Waals surface area contributed by atoms with Crippen molar-refractivity contribution in [1.82, 2.24) is 5.32 Å². The lowest BCUT2D eigenvalue weighted by molar-refractivity contribution is -0.120. The van der Waals surface area contributed by atoms with Crippen LogP contribution < -0.4 is 5.32 Å². The molecule has 0 atom stereocenters. The SMILES string of the molecule is O=C(Cc1ccc(O)cc1)NCCc1cccc(F)c1. The number of halogens is 1. The van der Waals surface area contributed by atoms with E-state index in [4.69, 9.17) is 5.11 Å². The van der Waals surface area contributed by atoms with Crippen LogP contribution in [0.25, 0.3) is 0 Å². The summed E-state index contributed by atoms with van der Waals surface area (Å²) in [7, 11) is 0. The largest absolute Gasteiger partial charge is 0.508 e. The average Bonchev–Trinajstić information content (AvgIpc) is 2.41. The molecule has 1 amide bonds. The second-order valence-electron chi connectivity index (χ2n) is 4.57. The fourth-order valence-electron chi connectivity index (χ4n) is 1.90. The van der Waals surface area contributed by atoms with Crippen LogP contribution in [0.15, 0.2) is 48.5 Å². The number of phenolic OH excluding ortho intramolecular Hbond substituents is 1. The molecule has 2 aromatic carbocycles. The van der Waals surface area contributed by atoms with Gasteiger partial charge in [-0.25, -0.2) is 4.39 Å². The Balaban J connectivity index is 1.76. The normalized spacial score (nSPS) is 10.2. The Morgan fingerprint density at radius 1 is 1.10 bits per heavy atom. The molecule has 20 heavy (non-hydrogen) atoms. The molecule has 0 heterocycles. The number of hydrogen-bond acceptors (Lipinski definition) is 2. The molecule has 104 valence electrons. The van der Waals surface area contributed by atoms with Crippen LogP contribution in [0.1, 0.15) is 11.1 Å². The van der Waals surface area contributed by atoms with E-state index in [9.17, 15) is 9.18 Å². The lowest BCUT2D eigenvalue weighted by atomic mass is 10.1. The molecule has 0 fully saturated rings. The van der Waals surface area contributed by atoms with Gasteiger partial charge in [-0.1, -0.05) is 24.3 Å². The molecule has 3 nitrogen and oxygen atoms in total. The average molecular weight is 273 g/mol. The molecule has 0 aliphatic rings. The molecule has 0 radical (unpaired) electrons. The van der Waals surface area contributed by atoms with E-state index in [1.807, 2.05) is 6.07 Å². The van der Waals surface area contributed by atoms with E-state index < -0.39 is 0 Å². The first kappa shape index (κ1) is 14.1. The first-order chi connectivity index (χ1) is 9.63. The molecule has 0 spiro atoms. The molecule has 2 rings (SSSR count). The quantitative estimate of drug-likeness (QED) is 0.879. The Labute approximate surface area is 117 Å². The van der Waals surface area contributed by atoms with Crippen molar-refractivity contribution in [2.45, 2.75) is 12.8 Å². The summed E-state index contributed by atoms with van der Waals surface area (Å²) in [5, 5.41) is 11.9. The number of rotatable bonds is 5. The summed E-state index contributed by atoms with van der Waals surface area (Å²) in [5.74, 6) is -0.176. The third-order valence-electron chi connectivity index (χ3n) is 2.93. The van der Waals surface area contributed by atoms with Gasteiger partial charge >= 0.3 is 0 Å². The van der Waals surface area contributed by atoms with Gasteiger partial charge < -0.3 is 10.4 Å². The molecule has 0 saturated carbocycles. The summed E-state index contributed by atoms with van der Waals surface area (Å²) in [6.07, 6.45) is 0.864. The van der Waals surface area contributed by atoms with Crippen molar-refractivity contribution < 1.29 is 14.3 Å². The van der Waals surface area contributed by atoms with E-state index >= 15 is 0 Å². The zero-order valence-electron chi connectivity index (χ0n) is 11.0. The molecule has 0 aromatic heterocycles. The predicted molar refractivity (Wildman–Crippen MR) is 74.9 cm³/mol. The first-order valence-electron chi connectivity index (χ1n) is 6.42. The Morgan fingerprint density at radius 3 is 2.55 bits per heavy atom. The van der Waals surface area contributed by atoms with Gasteiger partial charge in [0.15, 0.2) is 0 Å². The molecular formula is C16H16FNO2. The third-order valence-corrected chi connectivity index (χ3v) is 2.93. The lowest BCUT2D eigenvalue weighted by Crippen LogP contribution is -2.27. The van der Waals surface area contributed by atoms with Gasteiger partial charge in [-0.2, -0.15) is 0 Å². The maximum absolute atomic E-state index is 13.0. The Morgan fingerprint density at radius 2 is 1.85 bits per heavy atom. The van der Waals surface area contributed by atoms with Crippen molar-refractivity contribution in [1.29, 1.82) is 0 Å². The van der Waals surface area contributed by atoms with E-state index in [2.05, 4.69) is 5.32 Å². The van der Waals surface area contributed by atoms with Crippen LogP contribution in [-0.4, -0.2) is 17.6 Å². The van der Waals surface area contributed by atoms with Crippen LogP contribution in [0, 0.1) is 5.82 Å². The van der Waals surface area contributed by atoms with Crippen LogP contribution in [0.5, 0.6) is 5.75 Å². The van der Waals surface area contributed by atoms with Gasteiger partial charge in [-0.3, -0.25) is 4.79 Å². The topological polar surface area (TPSA) is 49.3 Å². The van der Waals surface area contributed by atoms with E-state index in [1.165, 1.54) is 12.1 Å². The maximum Gasteiger partial charge on any atom is 0.224 e. The van der Waals surface area contributed by atoms with Gasteiger partial charge in [0.2, 0.25) is 5.91 Å². The zero-order chi connectivity index (χ0) is 14.4. The van der Waals surface area contributed by atoms with Gasteiger partial charge in [-0.05, 0) is 41.8 Å². The highest BCUT2D eigenvalue weighted by Gasteiger charge is 2.03. The third kappa shape index (κ3) is 4.39. The number of hydrogen-bond donors (Lipinski definition) is 2. The van der Waals surface area contributed by atoms with E-state index in [1.54, 1.807) is 30.3 Å². The highest BCUT2D eigenvalue weighted by Crippen LogP contribution is 2.10. The van der Waals surface area contributed by atoms with E-state index in [-0.39, 0.29) is 23.9 Å². The van der Waals surface area contributed by atoms with Gasteiger partial charge in [0, 0.05) is 6.54 Å². The molecule has 2 N–H and O–H groups in total. The summed E-state index contributed by atoms with van der Waals surface area (Å²) in [6.45, 7) is 0.473. The molecule has 0 unspecified atom stereocenters. The number of carbonyl (C=O) groups is 1. The molecule has 0 aliphatic carbocycles. The van der Waals surface area contributed by atoms with Gasteiger partial charge in [0.25, 0.3) is 0 Å². The van der Waals surface area contributed by atoms with Crippen LogP contribution in [0.2, 0.25) is 0 Å². The number of nitrogens with one attached hydrogen (secondary N) is 1. The zero-order valence-corrected chi connectivity index (χ0v) is 11.0. The fraction of sp³-hybridized carbons (Fsp3) is 0.188. The summed E-state index contributed by atoms with van der Waals surface area (Å²) >= 11 is 0. The van der Waals surface area contributed by atoms with Crippen molar-refractivity contribution in [3.63, 3.8) is 0 Å². The molecule has 0 aliphatic heterocycles. The van der Waals surface area contributed by atoms with Gasteiger partial charge in [0.1, 0.15) is 11.6 Å². The van der Waals surface area contributed by atoms with Crippen molar-refractivity contribution in [3.05, 3.63) is 65.5 Å². The highest BCUT2D eigenvalue weighted by atomic mass is 19.1. The summed E-state index contributed by atoms with van der Waals surface area (Å²) in [6, 6.07) is 12.9. The fourth-order valence-corrected chi connectivity index (χ4v) is 1.90. The molecule has 2 aromatic rings. The summed E-state index contributed by atoms with van der Waals surface area (Å²) < 4.78 is 13.0. The Hall–Kier alpha value is -2.36. The summed E-state index contributed by atoms with van der Waals surface area (Å²) in [4.78, 5) is 11.7. The van der Waals surface area contributed by atoms with Crippen molar-refractivity contribution in [3.8, 4) is 5.75 Å². The van der Waals surface area contributed by atoms with Crippen LogP contribution >= 0.6 is 0 Å². The minimum Gasteiger partial charge on any atom is -0.508 e. The number of carbonyl (C=O) groups excluding carboxylic acids is 1. The van der Waals surface area contributed by atoms with Crippen molar-refractivity contribution in [2.24, 2.45) is 0 Å². The lowest BCUT2D eigenvalue weighted by Gasteiger charge is -2.06. The minimum atomic E-state index is -0.266. The van der Waals surface area contributed by atoms with Gasteiger partial charge in [0.05, 0.1) is 6.42 Å². The van der Waals surface area contributed by atoms with Crippen LogP contribution in [-0.2, 0) is 17.6 Å². The summed E-state index contributed by atoms with van der Waals surface area (Å²) in [5.41, 5.74) is 1.70. The first-order valence-corrected chi connectivity index (χ1v) is 6.42. The number of aromatic hydroxyl groups is 1. The Bertz CT molecular complexity index is 581. The second kappa shape index (κ2) is 6.70. The van der Waals surface area contributed by atoms with Gasteiger partial charge in [-0.15, -0.1) is 0 Å².